The van der Waals surface area contributed by atoms with Crippen molar-refractivity contribution >= 4 is 11.8 Å². The van der Waals surface area contributed by atoms with Crippen molar-refractivity contribution in [3.8, 4) is 0 Å². The lowest BCUT2D eigenvalue weighted by Crippen LogP contribution is -2.32. The van der Waals surface area contributed by atoms with Crippen molar-refractivity contribution in [3.05, 3.63) is 0 Å². The van der Waals surface area contributed by atoms with Crippen molar-refractivity contribution in [1.82, 2.24) is 9.80 Å². The Balaban J connectivity index is 2.48. The fourth-order valence-corrected chi connectivity index (χ4v) is 1.87. The zero-order valence-corrected chi connectivity index (χ0v) is 9.82. The predicted octanol–water partition coefficient (Wildman–Crippen LogP) is 0.723. The molecule has 0 aromatic heterocycles. The molecule has 0 N–H and O–H groups in total. The molecule has 1 aliphatic rings. The molecule has 1 unspecified atom stereocenters. The third-order valence-corrected chi connectivity index (χ3v) is 2.79. The summed E-state index contributed by atoms with van der Waals surface area (Å²) in [6.45, 7) is 3.51. The van der Waals surface area contributed by atoms with Crippen LogP contribution in [0.25, 0.3) is 0 Å². The van der Waals surface area contributed by atoms with Gasteiger partial charge in [0.2, 0.25) is 11.8 Å². The lowest BCUT2D eigenvalue weighted by atomic mass is 10.1. The average molecular weight is 212 g/mol. The highest BCUT2D eigenvalue weighted by atomic mass is 16.2. The summed E-state index contributed by atoms with van der Waals surface area (Å²) in [7, 11) is 3.48. The van der Waals surface area contributed by atoms with Gasteiger partial charge in [-0.15, -0.1) is 0 Å². The monoisotopic (exact) mass is 212 g/mol. The van der Waals surface area contributed by atoms with E-state index in [-0.39, 0.29) is 17.7 Å². The molecular formula is C11H20N2O2. The van der Waals surface area contributed by atoms with Crippen molar-refractivity contribution < 1.29 is 9.59 Å². The highest BCUT2D eigenvalue weighted by molar-refractivity contribution is 5.89. The normalized spacial score (nSPS) is 20.9. The number of nitrogens with zero attached hydrogens (tertiary/aromatic N) is 2. The Hall–Kier alpha value is -1.06. The number of amides is 2. The summed E-state index contributed by atoms with van der Waals surface area (Å²) in [5.74, 6) is 0.0790. The van der Waals surface area contributed by atoms with Gasteiger partial charge in [-0.1, -0.05) is 13.3 Å². The zero-order valence-electron chi connectivity index (χ0n) is 9.82. The van der Waals surface area contributed by atoms with E-state index in [9.17, 15) is 9.59 Å². The fraction of sp³-hybridized carbons (Fsp3) is 0.818. The van der Waals surface area contributed by atoms with Crippen molar-refractivity contribution in [2.24, 2.45) is 5.92 Å². The summed E-state index contributed by atoms with van der Waals surface area (Å²) in [6, 6.07) is 0. The quantitative estimate of drug-likeness (QED) is 0.689. The number of carbonyl (C=O) groups excluding carboxylic acids is 2. The van der Waals surface area contributed by atoms with Crippen LogP contribution >= 0.6 is 0 Å². The molecule has 86 valence electrons. The first-order valence-electron chi connectivity index (χ1n) is 5.55. The van der Waals surface area contributed by atoms with E-state index < -0.39 is 0 Å². The molecule has 1 rings (SSSR count). The van der Waals surface area contributed by atoms with Crippen molar-refractivity contribution in [2.45, 2.75) is 26.2 Å². The van der Waals surface area contributed by atoms with Gasteiger partial charge in [-0.2, -0.15) is 0 Å². The van der Waals surface area contributed by atoms with Crippen LogP contribution in [0.15, 0.2) is 0 Å². The molecule has 0 saturated carbocycles. The van der Waals surface area contributed by atoms with Crippen LogP contribution < -0.4 is 0 Å². The molecule has 0 aromatic rings. The van der Waals surface area contributed by atoms with E-state index in [1.807, 2.05) is 4.90 Å². The Morgan fingerprint density at radius 1 is 1.53 bits per heavy atom. The van der Waals surface area contributed by atoms with Crippen LogP contribution in [0.5, 0.6) is 0 Å². The molecule has 1 heterocycles. The average Bonchev–Trinajstić information content (AvgIpc) is 2.55. The van der Waals surface area contributed by atoms with Gasteiger partial charge in [-0.05, 0) is 6.42 Å². The predicted molar refractivity (Wildman–Crippen MR) is 58.3 cm³/mol. The molecular weight excluding hydrogens is 192 g/mol. The van der Waals surface area contributed by atoms with Crippen LogP contribution in [-0.4, -0.2) is 48.8 Å². The molecule has 4 heteroatoms. The second kappa shape index (κ2) is 5.14. The van der Waals surface area contributed by atoms with E-state index >= 15 is 0 Å². The van der Waals surface area contributed by atoms with E-state index in [0.717, 1.165) is 19.4 Å². The minimum Gasteiger partial charge on any atom is -0.349 e. The smallest absolute Gasteiger partial charge is 0.227 e. The van der Waals surface area contributed by atoms with E-state index in [2.05, 4.69) is 6.92 Å². The minimum absolute atomic E-state index is 0.0716. The summed E-state index contributed by atoms with van der Waals surface area (Å²) >= 11 is 0. The van der Waals surface area contributed by atoms with Crippen LogP contribution in [0.3, 0.4) is 0 Å². The molecule has 1 fully saturated rings. The second-order valence-corrected chi connectivity index (χ2v) is 4.33. The highest BCUT2D eigenvalue weighted by Crippen LogP contribution is 2.19. The third-order valence-electron chi connectivity index (χ3n) is 2.79. The summed E-state index contributed by atoms with van der Waals surface area (Å²) in [5, 5.41) is 0. The summed E-state index contributed by atoms with van der Waals surface area (Å²) in [6.07, 6.45) is 2.49. The van der Waals surface area contributed by atoms with Gasteiger partial charge in [0.05, 0.1) is 5.92 Å². The van der Waals surface area contributed by atoms with Crippen LogP contribution in [0, 0.1) is 5.92 Å². The Morgan fingerprint density at radius 2 is 2.20 bits per heavy atom. The standard InChI is InChI=1S/C11H20N2O2/c1-4-5-6-13-8-9(7-10(13)14)11(15)12(2)3/h9H,4-8H2,1-3H3. The molecule has 0 bridgehead atoms. The Morgan fingerprint density at radius 3 is 2.73 bits per heavy atom. The molecule has 1 saturated heterocycles. The largest absolute Gasteiger partial charge is 0.349 e. The maximum Gasteiger partial charge on any atom is 0.227 e. The molecule has 0 aromatic carbocycles. The van der Waals surface area contributed by atoms with Crippen molar-refractivity contribution in [2.75, 3.05) is 27.2 Å². The lowest BCUT2D eigenvalue weighted by molar-refractivity contribution is -0.133. The Labute approximate surface area is 91.2 Å². The molecule has 15 heavy (non-hydrogen) atoms. The number of rotatable bonds is 4. The number of hydrogen-bond donors (Lipinski definition) is 0. The van der Waals surface area contributed by atoms with Gasteiger partial charge in [-0.25, -0.2) is 0 Å². The highest BCUT2D eigenvalue weighted by Gasteiger charge is 2.34. The van der Waals surface area contributed by atoms with Crippen molar-refractivity contribution in [3.63, 3.8) is 0 Å². The number of hydrogen-bond acceptors (Lipinski definition) is 2. The third kappa shape index (κ3) is 2.94. The van der Waals surface area contributed by atoms with Crippen LogP contribution in [0.1, 0.15) is 26.2 Å². The fourth-order valence-electron chi connectivity index (χ4n) is 1.87. The number of carbonyl (C=O) groups is 2. The molecule has 1 atom stereocenters. The lowest BCUT2D eigenvalue weighted by Gasteiger charge is -2.17. The van der Waals surface area contributed by atoms with Gasteiger partial charge in [0.25, 0.3) is 0 Å². The van der Waals surface area contributed by atoms with Crippen molar-refractivity contribution in [1.29, 1.82) is 0 Å². The zero-order chi connectivity index (χ0) is 11.4. The van der Waals surface area contributed by atoms with Crippen LogP contribution in [0.4, 0.5) is 0 Å². The van der Waals surface area contributed by atoms with Crippen LogP contribution in [0.2, 0.25) is 0 Å². The molecule has 2 amide bonds. The van der Waals surface area contributed by atoms with Crippen LogP contribution in [-0.2, 0) is 9.59 Å². The SMILES string of the molecule is CCCCN1CC(C(=O)N(C)C)CC1=O. The first-order chi connectivity index (χ1) is 7.06. The maximum atomic E-state index is 11.7. The maximum absolute atomic E-state index is 11.7. The topological polar surface area (TPSA) is 40.6 Å². The van der Waals surface area contributed by atoms with Gasteiger partial charge < -0.3 is 9.80 Å². The summed E-state index contributed by atoms with van der Waals surface area (Å²) < 4.78 is 0. The number of likely N-dealkylation sites (tertiary alicyclic amines) is 1. The summed E-state index contributed by atoms with van der Waals surface area (Å²) in [4.78, 5) is 26.6. The molecule has 0 spiro atoms. The first-order valence-corrected chi connectivity index (χ1v) is 5.55. The minimum atomic E-state index is -0.121. The molecule has 0 aliphatic carbocycles. The second-order valence-electron chi connectivity index (χ2n) is 4.33. The number of unbranched alkanes of at least 4 members (excludes halogenated alkanes) is 1. The first kappa shape index (κ1) is 12.0. The Bertz CT molecular complexity index is 251. The van der Waals surface area contributed by atoms with Gasteiger partial charge in [0.15, 0.2) is 0 Å². The summed E-state index contributed by atoms with van der Waals surface area (Å²) in [5.41, 5.74) is 0. The van der Waals surface area contributed by atoms with Gasteiger partial charge in [0, 0.05) is 33.6 Å². The van der Waals surface area contributed by atoms with E-state index in [1.165, 1.54) is 0 Å². The van der Waals surface area contributed by atoms with E-state index in [4.69, 9.17) is 0 Å². The molecule has 1 aliphatic heterocycles. The van der Waals surface area contributed by atoms with E-state index in [0.29, 0.717) is 13.0 Å². The van der Waals surface area contributed by atoms with E-state index in [1.54, 1.807) is 19.0 Å². The van der Waals surface area contributed by atoms with Gasteiger partial charge in [0.1, 0.15) is 0 Å². The van der Waals surface area contributed by atoms with Gasteiger partial charge in [-0.3, -0.25) is 9.59 Å². The molecule has 4 nitrogen and oxygen atoms in total. The Kier molecular flexibility index (Phi) is 4.12. The van der Waals surface area contributed by atoms with Gasteiger partial charge >= 0.3 is 0 Å². The molecule has 0 radical (unpaired) electrons.